The van der Waals surface area contributed by atoms with E-state index in [9.17, 15) is 4.79 Å². The number of nitrogens with zero attached hydrogens (tertiary/aromatic N) is 4. The minimum atomic E-state index is 0.146. The van der Waals surface area contributed by atoms with E-state index in [4.69, 9.17) is 0 Å². The van der Waals surface area contributed by atoms with Crippen LogP contribution in [-0.4, -0.2) is 57.8 Å². The van der Waals surface area contributed by atoms with Crippen molar-refractivity contribution in [3.63, 3.8) is 0 Å². The van der Waals surface area contributed by atoms with E-state index in [1.807, 2.05) is 35.2 Å². The fourth-order valence-corrected chi connectivity index (χ4v) is 6.07. The third-order valence-corrected chi connectivity index (χ3v) is 8.44. The standard InChI is InChI=1S/C35H32N4OS/c40-34(38-22-24-39(25-23-38)35(30-12-6-2-7-13-30)31-14-8-3-9-15-31)26-41-33-21-20-32(36-37-33)29-18-16-28(17-19-29)27-10-4-1-5-11-27/h1-21,35H,22-26H2. The Hall–Kier alpha value is -4.26. The molecule has 4 aromatic carbocycles. The number of rotatable bonds is 8. The minimum absolute atomic E-state index is 0.146. The highest BCUT2D eigenvalue weighted by atomic mass is 32.2. The van der Waals surface area contributed by atoms with Gasteiger partial charge >= 0.3 is 0 Å². The maximum absolute atomic E-state index is 13.1. The van der Waals surface area contributed by atoms with Crippen LogP contribution < -0.4 is 0 Å². The summed E-state index contributed by atoms with van der Waals surface area (Å²) in [6.07, 6.45) is 0. The van der Waals surface area contributed by atoms with Crippen molar-refractivity contribution in [2.24, 2.45) is 0 Å². The zero-order valence-corrected chi connectivity index (χ0v) is 23.7. The maximum Gasteiger partial charge on any atom is 0.233 e. The molecule has 1 aromatic heterocycles. The molecule has 5 nitrogen and oxygen atoms in total. The molecule has 2 heterocycles. The largest absolute Gasteiger partial charge is 0.339 e. The Labute approximate surface area is 245 Å². The lowest BCUT2D eigenvalue weighted by Crippen LogP contribution is -2.50. The predicted molar refractivity (Wildman–Crippen MR) is 167 cm³/mol. The fraction of sp³-hybridized carbons (Fsp3) is 0.171. The summed E-state index contributed by atoms with van der Waals surface area (Å²) in [6.45, 7) is 3.11. The van der Waals surface area contributed by atoms with Gasteiger partial charge in [0.2, 0.25) is 5.91 Å². The molecule has 1 saturated heterocycles. The van der Waals surface area contributed by atoms with Crippen LogP contribution in [0.2, 0.25) is 0 Å². The zero-order chi connectivity index (χ0) is 27.9. The highest BCUT2D eigenvalue weighted by Crippen LogP contribution is 2.30. The fourth-order valence-electron chi connectivity index (χ4n) is 5.36. The molecule has 5 aromatic rings. The molecule has 204 valence electrons. The number of aromatic nitrogens is 2. The molecule has 1 aliphatic rings. The van der Waals surface area contributed by atoms with Crippen molar-refractivity contribution in [1.29, 1.82) is 0 Å². The summed E-state index contributed by atoms with van der Waals surface area (Å²) < 4.78 is 0. The molecule has 0 unspecified atom stereocenters. The average molecular weight is 557 g/mol. The minimum Gasteiger partial charge on any atom is -0.339 e. The van der Waals surface area contributed by atoms with E-state index in [0.717, 1.165) is 42.5 Å². The van der Waals surface area contributed by atoms with E-state index in [2.05, 4.69) is 112 Å². The second-order valence-corrected chi connectivity index (χ2v) is 11.1. The van der Waals surface area contributed by atoms with Gasteiger partial charge in [-0.3, -0.25) is 9.69 Å². The first-order chi connectivity index (χ1) is 20.2. The highest BCUT2D eigenvalue weighted by molar-refractivity contribution is 7.99. The van der Waals surface area contributed by atoms with Gasteiger partial charge in [0.05, 0.1) is 17.5 Å². The van der Waals surface area contributed by atoms with E-state index >= 15 is 0 Å². The number of carbonyl (C=O) groups excluding carboxylic acids is 1. The van der Waals surface area contributed by atoms with Gasteiger partial charge in [0.25, 0.3) is 0 Å². The topological polar surface area (TPSA) is 49.3 Å². The first kappa shape index (κ1) is 26.9. The molecule has 0 aliphatic carbocycles. The van der Waals surface area contributed by atoms with Crippen LogP contribution in [0.25, 0.3) is 22.4 Å². The van der Waals surface area contributed by atoms with E-state index in [-0.39, 0.29) is 11.9 Å². The summed E-state index contributed by atoms with van der Waals surface area (Å²) in [6, 6.07) is 44.1. The van der Waals surface area contributed by atoms with Gasteiger partial charge in [-0.15, -0.1) is 10.2 Å². The number of amides is 1. The Morgan fingerprint density at radius 2 is 1.15 bits per heavy atom. The molecule has 0 saturated carbocycles. The van der Waals surface area contributed by atoms with Gasteiger partial charge in [-0.05, 0) is 34.4 Å². The summed E-state index contributed by atoms with van der Waals surface area (Å²) >= 11 is 1.45. The van der Waals surface area contributed by atoms with Crippen LogP contribution in [0.15, 0.2) is 132 Å². The predicted octanol–water partition coefficient (Wildman–Crippen LogP) is 6.84. The van der Waals surface area contributed by atoms with Gasteiger partial charge in [0, 0.05) is 31.7 Å². The molecule has 6 heteroatoms. The molecular formula is C35H32N4OS. The van der Waals surface area contributed by atoms with Crippen LogP contribution in [0, 0.1) is 0 Å². The summed E-state index contributed by atoms with van der Waals surface area (Å²) in [5, 5.41) is 9.57. The van der Waals surface area contributed by atoms with Crippen molar-refractivity contribution < 1.29 is 4.79 Å². The SMILES string of the molecule is O=C(CSc1ccc(-c2ccc(-c3ccccc3)cc2)nn1)N1CCN(C(c2ccccc2)c2ccccc2)CC1. The van der Waals surface area contributed by atoms with Crippen molar-refractivity contribution in [2.75, 3.05) is 31.9 Å². The molecule has 0 N–H and O–H groups in total. The molecule has 0 spiro atoms. The third-order valence-electron chi connectivity index (χ3n) is 7.53. The lowest BCUT2D eigenvalue weighted by atomic mass is 9.96. The summed E-state index contributed by atoms with van der Waals surface area (Å²) in [5.41, 5.74) is 6.76. The van der Waals surface area contributed by atoms with Crippen LogP contribution in [0.3, 0.4) is 0 Å². The maximum atomic E-state index is 13.1. The number of piperazine rings is 1. The van der Waals surface area contributed by atoms with Gasteiger partial charge in [0.1, 0.15) is 5.03 Å². The van der Waals surface area contributed by atoms with Crippen LogP contribution in [0.1, 0.15) is 17.2 Å². The number of thioether (sulfide) groups is 1. The Kier molecular flexibility index (Phi) is 8.50. The molecule has 1 aliphatic heterocycles. The second-order valence-electron chi connectivity index (χ2n) is 10.1. The van der Waals surface area contributed by atoms with Crippen LogP contribution >= 0.6 is 11.8 Å². The first-order valence-corrected chi connectivity index (χ1v) is 15.0. The van der Waals surface area contributed by atoms with E-state index in [0.29, 0.717) is 5.75 Å². The number of hydrogen-bond acceptors (Lipinski definition) is 5. The van der Waals surface area contributed by atoms with Gasteiger partial charge in [-0.1, -0.05) is 127 Å². The third kappa shape index (κ3) is 6.56. The van der Waals surface area contributed by atoms with Gasteiger partial charge in [-0.25, -0.2) is 0 Å². The number of carbonyl (C=O) groups is 1. The molecule has 1 fully saturated rings. The Bertz CT molecular complexity index is 1500. The van der Waals surface area contributed by atoms with E-state index in [1.165, 1.54) is 34.0 Å². The van der Waals surface area contributed by atoms with Crippen molar-refractivity contribution in [3.05, 3.63) is 139 Å². The van der Waals surface area contributed by atoms with E-state index < -0.39 is 0 Å². The Balaban J connectivity index is 1.03. The molecule has 0 radical (unpaired) electrons. The van der Waals surface area contributed by atoms with Crippen LogP contribution in [0.5, 0.6) is 0 Å². The first-order valence-electron chi connectivity index (χ1n) is 14.0. The normalized spacial score (nSPS) is 13.8. The second kappa shape index (κ2) is 12.9. The van der Waals surface area contributed by atoms with Crippen molar-refractivity contribution in [2.45, 2.75) is 11.1 Å². The summed E-state index contributed by atoms with van der Waals surface area (Å²) in [5.74, 6) is 0.508. The van der Waals surface area contributed by atoms with Gasteiger partial charge < -0.3 is 4.90 Å². The highest BCUT2D eigenvalue weighted by Gasteiger charge is 2.28. The monoisotopic (exact) mass is 556 g/mol. The lowest BCUT2D eigenvalue weighted by Gasteiger charge is -2.39. The lowest BCUT2D eigenvalue weighted by molar-refractivity contribution is -0.130. The Morgan fingerprint density at radius 3 is 1.71 bits per heavy atom. The molecular weight excluding hydrogens is 524 g/mol. The summed E-state index contributed by atoms with van der Waals surface area (Å²) in [7, 11) is 0. The van der Waals surface area contributed by atoms with Gasteiger partial charge in [0.15, 0.2) is 0 Å². The van der Waals surface area contributed by atoms with E-state index in [1.54, 1.807) is 0 Å². The number of benzene rings is 4. The quantitative estimate of drug-likeness (QED) is 0.196. The molecule has 41 heavy (non-hydrogen) atoms. The van der Waals surface area contributed by atoms with Crippen molar-refractivity contribution >= 4 is 17.7 Å². The van der Waals surface area contributed by atoms with Crippen LogP contribution in [-0.2, 0) is 4.79 Å². The summed E-state index contributed by atoms with van der Waals surface area (Å²) in [4.78, 5) is 17.5. The van der Waals surface area contributed by atoms with Crippen molar-refractivity contribution in [1.82, 2.24) is 20.0 Å². The number of hydrogen-bond donors (Lipinski definition) is 0. The molecule has 6 rings (SSSR count). The van der Waals surface area contributed by atoms with Gasteiger partial charge in [-0.2, -0.15) is 0 Å². The van der Waals surface area contributed by atoms with Crippen molar-refractivity contribution in [3.8, 4) is 22.4 Å². The average Bonchev–Trinajstić information content (AvgIpc) is 3.06. The molecule has 0 bridgehead atoms. The molecule has 1 amide bonds. The molecule has 0 atom stereocenters. The van der Waals surface area contributed by atoms with Crippen LogP contribution in [0.4, 0.5) is 0 Å². The Morgan fingerprint density at radius 1 is 0.610 bits per heavy atom. The zero-order valence-electron chi connectivity index (χ0n) is 22.8. The smallest absolute Gasteiger partial charge is 0.233 e.